The molecule has 1 N–H and O–H groups in total. The summed E-state index contributed by atoms with van der Waals surface area (Å²) in [7, 11) is 4.01. The molecule has 29 heavy (non-hydrogen) atoms. The van der Waals surface area contributed by atoms with E-state index in [2.05, 4.69) is 24.1 Å². The summed E-state index contributed by atoms with van der Waals surface area (Å²) in [5.41, 5.74) is 2.88. The molecule has 6 nitrogen and oxygen atoms in total. The zero-order chi connectivity index (χ0) is 21.5. The zero-order valence-electron chi connectivity index (χ0n) is 18.4. The Kier molecular flexibility index (Phi) is 5.59. The molecule has 0 fully saturated rings. The second-order valence-corrected chi connectivity index (χ2v) is 8.98. The molecule has 0 radical (unpaired) electrons. The van der Waals surface area contributed by atoms with Crippen LogP contribution in [0.5, 0.6) is 0 Å². The highest BCUT2D eigenvalue weighted by molar-refractivity contribution is 5.97. The van der Waals surface area contributed by atoms with Gasteiger partial charge < -0.3 is 19.1 Å². The molecule has 0 aliphatic carbocycles. The Labute approximate surface area is 170 Å². The molecule has 0 unspecified atom stereocenters. The summed E-state index contributed by atoms with van der Waals surface area (Å²) < 4.78 is 11.3. The van der Waals surface area contributed by atoms with Crippen molar-refractivity contribution in [3.63, 3.8) is 0 Å². The van der Waals surface area contributed by atoms with E-state index in [1.54, 1.807) is 6.07 Å². The fraction of sp³-hybridized carbons (Fsp3) is 0.478. The predicted molar refractivity (Wildman–Crippen MR) is 116 cm³/mol. The summed E-state index contributed by atoms with van der Waals surface area (Å²) >= 11 is 0. The van der Waals surface area contributed by atoms with Gasteiger partial charge in [-0.05, 0) is 57.5 Å². The summed E-state index contributed by atoms with van der Waals surface area (Å²) in [5, 5.41) is 4.78. The molecule has 0 aliphatic rings. The molecule has 1 aromatic carbocycles. The van der Waals surface area contributed by atoms with E-state index < -0.39 is 5.63 Å². The van der Waals surface area contributed by atoms with Crippen LogP contribution in [0, 0.1) is 26.2 Å². The SMILES string of the molecule is Cc1oc2cc3oc(=O)c(CC(=O)NCC(C)(C)CN(C)C)c(C)c3cc2c1C. The van der Waals surface area contributed by atoms with Crippen molar-refractivity contribution in [2.24, 2.45) is 5.41 Å². The van der Waals surface area contributed by atoms with Gasteiger partial charge in [0.15, 0.2) is 0 Å². The third-order valence-corrected chi connectivity index (χ3v) is 5.43. The zero-order valence-corrected chi connectivity index (χ0v) is 18.4. The molecule has 0 saturated carbocycles. The lowest BCUT2D eigenvalue weighted by atomic mass is 9.93. The van der Waals surface area contributed by atoms with Gasteiger partial charge in [-0.3, -0.25) is 4.79 Å². The molecule has 156 valence electrons. The van der Waals surface area contributed by atoms with Crippen LogP contribution < -0.4 is 10.9 Å². The molecule has 0 saturated heterocycles. The Balaban J connectivity index is 1.89. The van der Waals surface area contributed by atoms with Gasteiger partial charge in [0.05, 0.1) is 12.0 Å². The van der Waals surface area contributed by atoms with Gasteiger partial charge in [0.25, 0.3) is 0 Å². The van der Waals surface area contributed by atoms with E-state index in [0.717, 1.165) is 34.2 Å². The summed E-state index contributed by atoms with van der Waals surface area (Å²) in [6, 6.07) is 3.74. The van der Waals surface area contributed by atoms with E-state index in [1.807, 2.05) is 40.9 Å². The van der Waals surface area contributed by atoms with Crippen LogP contribution in [0.2, 0.25) is 0 Å². The highest BCUT2D eigenvalue weighted by Crippen LogP contribution is 2.31. The third-order valence-electron chi connectivity index (χ3n) is 5.43. The third kappa shape index (κ3) is 4.37. The standard InChI is InChI=1S/C23H30N2O4/c1-13-15(3)28-19-10-20-17(8-16(13)19)14(2)18(22(27)29-20)9-21(26)24-11-23(4,5)12-25(6)7/h8,10H,9,11-12H2,1-7H3,(H,24,26). The van der Waals surface area contributed by atoms with Crippen molar-refractivity contribution in [3.8, 4) is 0 Å². The normalized spacial score (nSPS) is 12.3. The number of carbonyl (C=O) groups excluding carboxylic acids is 1. The van der Waals surface area contributed by atoms with Crippen LogP contribution in [0.4, 0.5) is 0 Å². The second-order valence-electron chi connectivity index (χ2n) is 8.98. The molecule has 0 aliphatic heterocycles. The molecule has 0 spiro atoms. The second kappa shape index (κ2) is 7.67. The number of aryl methyl sites for hydroxylation is 3. The van der Waals surface area contributed by atoms with E-state index in [0.29, 0.717) is 23.3 Å². The van der Waals surface area contributed by atoms with Gasteiger partial charge in [0, 0.05) is 29.9 Å². The summed E-state index contributed by atoms with van der Waals surface area (Å²) in [5.74, 6) is 0.665. The van der Waals surface area contributed by atoms with E-state index in [4.69, 9.17) is 8.83 Å². The first kappa shape index (κ1) is 21.1. The largest absolute Gasteiger partial charge is 0.461 e. The minimum Gasteiger partial charge on any atom is -0.461 e. The van der Waals surface area contributed by atoms with Crippen molar-refractivity contribution >= 4 is 27.8 Å². The molecule has 3 aromatic rings. The van der Waals surface area contributed by atoms with Gasteiger partial charge in [0.2, 0.25) is 5.91 Å². The van der Waals surface area contributed by atoms with Crippen LogP contribution in [0.25, 0.3) is 21.9 Å². The number of nitrogens with one attached hydrogen (secondary N) is 1. The number of furan rings is 1. The average Bonchev–Trinajstić information content (AvgIpc) is 2.88. The van der Waals surface area contributed by atoms with Crippen LogP contribution in [0.3, 0.4) is 0 Å². The van der Waals surface area contributed by atoms with Crippen molar-refractivity contribution in [3.05, 3.63) is 45.0 Å². The molecular formula is C23H30N2O4. The maximum atomic E-state index is 12.6. The van der Waals surface area contributed by atoms with Crippen molar-refractivity contribution in [1.82, 2.24) is 10.2 Å². The lowest BCUT2D eigenvalue weighted by Crippen LogP contribution is -2.40. The van der Waals surface area contributed by atoms with Gasteiger partial charge in [-0.15, -0.1) is 0 Å². The van der Waals surface area contributed by atoms with Gasteiger partial charge >= 0.3 is 5.63 Å². The quantitative estimate of drug-likeness (QED) is 0.641. The molecule has 2 aromatic heterocycles. The van der Waals surface area contributed by atoms with Crippen LogP contribution in [-0.2, 0) is 11.2 Å². The predicted octanol–water partition coefficient (Wildman–Crippen LogP) is 3.71. The number of amides is 1. The number of fused-ring (bicyclic) bond motifs is 2. The Morgan fingerprint density at radius 2 is 1.66 bits per heavy atom. The smallest absolute Gasteiger partial charge is 0.340 e. The first-order chi connectivity index (χ1) is 13.5. The molecular weight excluding hydrogens is 368 g/mol. The topological polar surface area (TPSA) is 75.7 Å². The Morgan fingerprint density at radius 1 is 1.03 bits per heavy atom. The van der Waals surface area contributed by atoms with Gasteiger partial charge in [0.1, 0.15) is 16.9 Å². The maximum Gasteiger partial charge on any atom is 0.340 e. The Hall–Kier alpha value is -2.60. The number of hydrogen-bond donors (Lipinski definition) is 1. The highest BCUT2D eigenvalue weighted by Gasteiger charge is 2.21. The van der Waals surface area contributed by atoms with Crippen molar-refractivity contribution < 1.29 is 13.6 Å². The fourth-order valence-corrected chi connectivity index (χ4v) is 3.90. The fourth-order valence-electron chi connectivity index (χ4n) is 3.90. The Bertz CT molecular complexity index is 1140. The van der Waals surface area contributed by atoms with Gasteiger partial charge in [-0.2, -0.15) is 0 Å². The molecule has 1 amide bonds. The average molecular weight is 399 g/mol. The minimum atomic E-state index is -0.475. The van der Waals surface area contributed by atoms with Crippen molar-refractivity contribution in [2.75, 3.05) is 27.2 Å². The number of hydrogen-bond acceptors (Lipinski definition) is 5. The number of rotatable bonds is 6. The molecule has 6 heteroatoms. The van der Waals surface area contributed by atoms with E-state index in [-0.39, 0.29) is 17.7 Å². The maximum absolute atomic E-state index is 12.6. The lowest BCUT2D eigenvalue weighted by molar-refractivity contribution is -0.121. The molecule has 3 rings (SSSR count). The number of carbonyl (C=O) groups is 1. The number of benzene rings is 1. The van der Waals surface area contributed by atoms with Crippen molar-refractivity contribution in [1.29, 1.82) is 0 Å². The lowest BCUT2D eigenvalue weighted by Gasteiger charge is -2.28. The van der Waals surface area contributed by atoms with E-state index >= 15 is 0 Å². The first-order valence-corrected chi connectivity index (χ1v) is 9.86. The van der Waals surface area contributed by atoms with Crippen LogP contribution in [0.15, 0.2) is 25.8 Å². The molecule has 0 atom stereocenters. The van der Waals surface area contributed by atoms with Crippen molar-refractivity contribution in [2.45, 2.75) is 41.0 Å². The van der Waals surface area contributed by atoms with E-state index in [1.165, 1.54) is 0 Å². The van der Waals surface area contributed by atoms with Crippen LogP contribution >= 0.6 is 0 Å². The Morgan fingerprint density at radius 3 is 2.31 bits per heavy atom. The number of nitrogens with zero attached hydrogens (tertiary/aromatic N) is 1. The summed E-state index contributed by atoms with van der Waals surface area (Å²) in [6.45, 7) is 11.4. The molecule has 0 bridgehead atoms. The van der Waals surface area contributed by atoms with E-state index in [9.17, 15) is 9.59 Å². The van der Waals surface area contributed by atoms with Crippen LogP contribution in [-0.4, -0.2) is 38.0 Å². The first-order valence-electron chi connectivity index (χ1n) is 9.86. The monoisotopic (exact) mass is 398 g/mol. The van der Waals surface area contributed by atoms with Gasteiger partial charge in [-0.1, -0.05) is 13.8 Å². The van der Waals surface area contributed by atoms with Crippen LogP contribution in [0.1, 0.15) is 36.3 Å². The summed E-state index contributed by atoms with van der Waals surface area (Å²) in [6.07, 6.45) is 0.00356. The van der Waals surface area contributed by atoms with Gasteiger partial charge in [-0.25, -0.2) is 4.79 Å². The molecule has 2 heterocycles. The highest BCUT2D eigenvalue weighted by atomic mass is 16.4. The minimum absolute atomic E-state index is 0.00356. The summed E-state index contributed by atoms with van der Waals surface area (Å²) in [4.78, 5) is 27.2.